The van der Waals surface area contributed by atoms with Crippen LogP contribution in [0.3, 0.4) is 0 Å². The maximum Gasteiger partial charge on any atom is 0.264 e. The van der Waals surface area contributed by atoms with Gasteiger partial charge >= 0.3 is 0 Å². The Bertz CT molecular complexity index is 1620. The van der Waals surface area contributed by atoms with Crippen molar-refractivity contribution in [2.45, 2.75) is 90.6 Å². The second-order valence-electron chi connectivity index (χ2n) is 13.5. The number of carbonyl (C=O) groups excluding carboxylic acids is 1. The van der Waals surface area contributed by atoms with E-state index in [4.69, 9.17) is 9.72 Å². The van der Waals surface area contributed by atoms with E-state index in [1.807, 2.05) is 43.9 Å². The largest absolute Gasteiger partial charge is 0.475 e. The number of sulfonamides is 1. The van der Waals surface area contributed by atoms with E-state index in [-0.39, 0.29) is 59.3 Å². The summed E-state index contributed by atoms with van der Waals surface area (Å²) in [6, 6.07) is 11.8. The molecule has 44 heavy (non-hydrogen) atoms. The quantitative estimate of drug-likeness (QED) is 0.364. The van der Waals surface area contributed by atoms with Crippen LogP contribution >= 0.6 is 0 Å². The summed E-state index contributed by atoms with van der Waals surface area (Å²) in [5, 5.41) is 9.78. The van der Waals surface area contributed by atoms with Gasteiger partial charge < -0.3 is 14.7 Å². The molecular formula is C34H44N4O5S. The fraction of sp³-hybridized carbons (Fsp3) is 0.500. The molecule has 1 fully saturated rings. The summed E-state index contributed by atoms with van der Waals surface area (Å²) < 4.78 is 36.4. The maximum atomic E-state index is 14.4. The van der Waals surface area contributed by atoms with Crippen LogP contribution in [0.1, 0.15) is 79.9 Å². The molecule has 1 aliphatic heterocycles. The molecule has 0 spiro atoms. The summed E-state index contributed by atoms with van der Waals surface area (Å²) in [6.45, 7) is 12.6. The number of anilines is 1. The van der Waals surface area contributed by atoms with Gasteiger partial charge in [0.2, 0.25) is 11.8 Å². The molecular weight excluding hydrogens is 576 g/mol. The van der Waals surface area contributed by atoms with E-state index in [1.165, 1.54) is 12.1 Å². The zero-order valence-electron chi connectivity index (χ0n) is 26.6. The number of hydrogen-bond acceptors (Lipinski definition) is 7. The number of fused-ring (bicyclic) bond motifs is 4. The topological polar surface area (TPSA) is 122 Å². The molecule has 0 radical (unpaired) electrons. The molecule has 1 aromatic heterocycles. The Kier molecular flexibility index (Phi) is 9.05. The SMILES string of the molecule is Cc1cccc(C)c1-c1nc2nc(c1C)OC[C@@H](CC(C)(C)C)N([C@H]1CC[C@H](CO)CC1)C(=O)c1cccc(c1)S(=O)(=O)N2. The van der Waals surface area contributed by atoms with Gasteiger partial charge in [-0.3, -0.25) is 4.79 Å². The highest BCUT2D eigenvalue weighted by atomic mass is 32.2. The van der Waals surface area contributed by atoms with E-state index in [9.17, 15) is 18.3 Å². The van der Waals surface area contributed by atoms with Gasteiger partial charge in [0.25, 0.3) is 15.9 Å². The van der Waals surface area contributed by atoms with Crippen molar-refractivity contribution in [3.63, 3.8) is 0 Å². The molecule has 2 aliphatic rings. The highest BCUT2D eigenvalue weighted by Gasteiger charge is 2.37. The van der Waals surface area contributed by atoms with Gasteiger partial charge in [0.15, 0.2) is 0 Å². The van der Waals surface area contributed by atoms with Gasteiger partial charge in [0.05, 0.1) is 16.6 Å². The lowest BCUT2D eigenvalue weighted by atomic mass is 9.82. The second kappa shape index (κ2) is 12.5. The van der Waals surface area contributed by atoms with Crippen LogP contribution in [-0.4, -0.2) is 59.6 Å². The Morgan fingerprint density at radius 2 is 1.66 bits per heavy atom. The Hall–Kier alpha value is -3.50. The summed E-state index contributed by atoms with van der Waals surface area (Å²) in [5.41, 5.74) is 4.34. The molecule has 3 aromatic rings. The van der Waals surface area contributed by atoms with Crippen LogP contribution in [0.25, 0.3) is 11.3 Å². The number of aryl methyl sites for hydroxylation is 2. The minimum atomic E-state index is -4.14. The van der Waals surface area contributed by atoms with E-state index in [0.29, 0.717) is 23.2 Å². The maximum absolute atomic E-state index is 14.4. The van der Waals surface area contributed by atoms with E-state index in [0.717, 1.165) is 42.4 Å². The summed E-state index contributed by atoms with van der Waals surface area (Å²) >= 11 is 0. The number of aliphatic hydroxyl groups excluding tert-OH is 1. The fourth-order valence-corrected chi connectivity index (χ4v) is 7.58. The van der Waals surface area contributed by atoms with Crippen molar-refractivity contribution in [2.75, 3.05) is 17.9 Å². The Balaban J connectivity index is 1.69. The van der Waals surface area contributed by atoms with Crippen molar-refractivity contribution in [3.05, 3.63) is 64.7 Å². The number of benzene rings is 2. The van der Waals surface area contributed by atoms with Gasteiger partial charge in [-0.2, -0.15) is 4.98 Å². The average Bonchev–Trinajstić information content (AvgIpc) is 2.97. The molecule has 5 rings (SSSR count). The van der Waals surface area contributed by atoms with Crippen molar-refractivity contribution in [3.8, 4) is 17.1 Å². The molecule has 1 saturated carbocycles. The lowest BCUT2D eigenvalue weighted by Gasteiger charge is -2.43. The van der Waals surface area contributed by atoms with Gasteiger partial charge in [0.1, 0.15) is 6.61 Å². The third-order valence-corrected chi connectivity index (χ3v) is 10.1. The van der Waals surface area contributed by atoms with E-state index >= 15 is 0 Å². The molecule has 236 valence electrons. The standard InChI is InChI=1S/C34H44N4O5S/c1-21-9-7-10-22(2)29(21)30-23(3)31-36-33(35-30)37-44(41,42)28-12-8-11-25(17-28)32(40)38(26-15-13-24(19-39)14-16-26)27(20-43-31)18-34(4,5)6/h7-12,17,24,26-27,39H,13-16,18-20H2,1-6H3,(H,35,36,37)/t24-,26-,27-/m1/s1. The molecule has 4 bridgehead atoms. The molecule has 1 atom stereocenters. The highest BCUT2D eigenvalue weighted by molar-refractivity contribution is 7.92. The van der Waals surface area contributed by atoms with Crippen molar-refractivity contribution >= 4 is 21.9 Å². The smallest absolute Gasteiger partial charge is 0.264 e. The Morgan fingerprint density at radius 1 is 1.00 bits per heavy atom. The minimum Gasteiger partial charge on any atom is -0.475 e. The van der Waals surface area contributed by atoms with Crippen LogP contribution < -0.4 is 9.46 Å². The molecule has 10 heteroatoms. The number of nitrogens with zero attached hydrogens (tertiary/aromatic N) is 3. The van der Waals surface area contributed by atoms with Crippen molar-refractivity contribution in [2.24, 2.45) is 11.3 Å². The van der Waals surface area contributed by atoms with Gasteiger partial charge in [-0.05, 0) is 93.5 Å². The van der Waals surface area contributed by atoms with E-state index in [1.54, 1.807) is 12.1 Å². The number of carbonyl (C=O) groups is 1. The molecule has 0 unspecified atom stereocenters. The van der Waals surface area contributed by atoms with Crippen molar-refractivity contribution in [1.82, 2.24) is 14.9 Å². The minimum absolute atomic E-state index is 0.0424. The summed E-state index contributed by atoms with van der Waals surface area (Å²) in [6.07, 6.45) is 3.81. The zero-order chi connectivity index (χ0) is 31.8. The van der Waals surface area contributed by atoms with Crippen molar-refractivity contribution in [1.29, 1.82) is 0 Å². The first-order valence-electron chi connectivity index (χ1n) is 15.4. The first-order valence-corrected chi connectivity index (χ1v) is 16.9. The van der Waals surface area contributed by atoms with E-state index < -0.39 is 10.0 Å². The first-order chi connectivity index (χ1) is 20.8. The summed E-state index contributed by atoms with van der Waals surface area (Å²) in [7, 11) is -4.14. The van der Waals surface area contributed by atoms with E-state index in [2.05, 4.69) is 30.5 Å². The van der Waals surface area contributed by atoms with Crippen LogP contribution in [0.2, 0.25) is 0 Å². The van der Waals surface area contributed by atoms with Crippen LogP contribution in [0.4, 0.5) is 5.95 Å². The highest BCUT2D eigenvalue weighted by Crippen LogP contribution is 2.36. The molecule has 9 nitrogen and oxygen atoms in total. The number of nitrogens with one attached hydrogen (secondary N) is 1. The number of aromatic nitrogens is 2. The number of rotatable bonds is 4. The number of hydrogen-bond donors (Lipinski definition) is 2. The molecule has 1 amide bonds. The van der Waals surface area contributed by atoms with Crippen LogP contribution in [0.5, 0.6) is 5.88 Å². The molecule has 2 N–H and O–H groups in total. The van der Waals surface area contributed by atoms with Gasteiger partial charge in [-0.1, -0.05) is 45.0 Å². The monoisotopic (exact) mass is 620 g/mol. The lowest BCUT2D eigenvalue weighted by molar-refractivity contribution is 0.0267. The average molecular weight is 621 g/mol. The van der Waals surface area contributed by atoms with Crippen LogP contribution in [-0.2, 0) is 10.0 Å². The third-order valence-electron chi connectivity index (χ3n) is 8.79. The predicted octanol–water partition coefficient (Wildman–Crippen LogP) is 6.06. The molecule has 2 heterocycles. The Labute approximate surface area is 261 Å². The van der Waals surface area contributed by atoms with Crippen molar-refractivity contribution < 1.29 is 23.1 Å². The number of aliphatic hydroxyl groups is 1. The van der Waals surface area contributed by atoms with Gasteiger partial charge in [0, 0.05) is 29.3 Å². The normalized spacial score (nSPS) is 22.2. The zero-order valence-corrected chi connectivity index (χ0v) is 27.4. The third kappa shape index (κ3) is 6.76. The first kappa shape index (κ1) is 31.9. The molecule has 1 aliphatic carbocycles. The second-order valence-corrected chi connectivity index (χ2v) is 15.2. The predicted molar refractivity (Wildman–Crippen MR) is 171 cm³/mol. The number of ether oxygens (including phenoxy) is 1. The van der Waals surface area contributed by atoms with Crippen LogP contribution in [0, 0.1) is 32.1 Å². The van der Waals surface area contributed by atoms with Gasteiger partial charge in [-0.25, -0.2) is 18.1 Å². The lowest BCUT2D eigenvalue weighted by Crippen LogP contribution is -2.52. The number of amides is 1. The fourth-order valence-electron chi connectivity index (χ4n) is 6.59. The Morgan fingerprint density at radius 3 is 2.30 bits per heavy atom. The van der Waals surface area contributed by atoms with Crippen LogP contribution in [0.15, 0.2) is 47.4 Å². The molecule has 2 aromatic carbocycles. The van der Waals surface area contributed by atoms with Gasteiger partial charge in [-0.15, -0.1) is 0 Å². The summed E-state index contributed by atoms with van der Waals surface area (Å²) in [4.78, 5) is 25.6. The summed E-state index contributed by atoms with van der Waals surface area (Å²) in [5.74, 6) is 0.180. The molecule has 0 saturated heterocycles.